The molecule has 3 aliphatic rings. The van der Waals surface area contributed by atoms with E-state index in [1.54, 1.807) is 6.92 Å². The van der Waals surface area contributed by atoms with E-state index in [9.17, 15) is 9.59 Å². The lowest BCUT2D eigenvalue weighted by Crippen LogP contribution is -2.41. The molecule has 2 fully saturated rings. The van der Waals surface area contributed by atoms with Crippen molar-refractivity contribution in [2.24, 2.45) is 11.8 Å². The van der Waals surface area contributed by atoms with Gasteiger partial charge in [-0.2, -0.15) is 0 Å². The summed E-state index contributed by atoms with van der Waals surface area (Å²) in [6, 6.07) is 0. The van der Waals surface area contributed by atoms with Crippen molar-refractivity contribution in [3.8, 4) is 0 Å². The maximum Gasteiger partial charge on any atom is 0.313 e. The molecular weight excluding hydrogens is 212 g/mol. The van der Waals surface area contributed by atoms with Crippen LogP contribution in [-0.4, -0.2) is 36.9 Å². The zero-order chi connectivity index (χ0) is 11.5. The molecule has 5 heteroatoms. The lowest BCUT2D eigenvalue weighted by molar-refractivity contribution is -0.156. The second kappa shape index (κ2) is 2.85. The molecule has 86 valence electrons. The number of rotatable bonds is 1. The minimum atomic E-state index is -0.749. The normalized spacial score (nSPS) is 48.0. The van der Waals surface area contributed by atoms with Gasteiger partial charge in [-0.25, -0.2) is 0 Å². The summed E-state index contributed by atoms with van der Waals surface area (Å²) >= 11 is 0. The van der Waals surface area contributed by atoms with E-state index in [2.05, 4.69) is 0 Å². The van der Waals surface area contributed by atoms with E-state index in [1.165, 1.54) is 7.11 Å². The molecule has 2 bridgehead atoms. The van der Waals surface area contributed by atoms with Crippen LogP contribution in [0.3, 0.4) is 0 Å². The van der Waals surface area contributed by atoms with Gasteiger partial charge in [-0.1, -0.05) is 6.08 Å². The van der Waals surface area contributed by atoms with Crippen molar-refractivity contribution < 1.29 is 23.8 Å². The summed E-state index contributed by atoms with van der Waals surface area (Å²) in [5.41, 5.74) is -0.749. The first kappa shape index (κ1) is 9.84. The van der Waals surface area contributed by atoms with Gasteiger partial charge in [-0.15, -0.1) is 0 Å². The molecule has 16 heavy (non-hydrogen) atoms. The predicted octanol–water partition coefficient (Wildman–Crippen LogP) is 0.0445. The Morgan fingerprint density at radius 1 is 1.56 bits per heavy atom. The van der Waals surface area contributed by atoms with Crippen molar-refractivity contribution in [2.75, 3.05) is 7.11 Å². The van der Waals surface area contributed by atoms with Gasteiger partial charge < -0.3 is 14.2 Å². The third-order valence-electron chi connectivity index (χ3n) is 3.74. The van der Waals surface area contributed by atoms with Crippen LogP contribution in [0.5, 0.6) is 0 Å². The van der Waals surface area contributed by atoms with E-state index in [0.29, 0.717) is 0 Å². The molecule has 0 aromatic heterocycles. The Kier molecular flexibility index (Phi) is 1.75. The van der Waals surface area contributed by atoms with E-state index in [-0.39, 0.29) is 18.2 Å². The molecule has 0 unspecified atom stereocenters. The minimum Gasteiger partial charge on any atom is -0.469 e. The number of hydrogen-bond acceptors (Lipinski definition) is 5. The first-order valence-corrected chi connectivity index (χ1v) is 5.25. The molecule has 3 aliphatic heterocycles. The third kappa shape index (κ3) is 0.899. The van der Waals surface area contributed by atoms with E-state index < -0.39 is 23.4 Å². The van der Waals surface area contributed by atoms with Crippen LogP contribution in [-0.2, 0) is 23.8 Å². The van der Waals surface area contributed by atoms with Crippen LogP contribution in [0.1, 0.15) is 6.92 Å². The fraction of sp³-hybridized carbons (Fsp3) is 0.636. The predicted molar refractivity (Wildman–Crippen MR) is 51.3 cm³/mol. The molecule has 0 saturated carbocycles. The number of fused-ring (bicyclic) bond motifs is 1. The van der Waals surface area contributed by atoms with E-state index >= 15 is 0 Å². The number of carbonyl (C=O) groups is 2. The zero-order valence-electron chi connectivity index (χ0n) is 9.01. The smallest absolute Gasteiger partial charge is 0.313 e. The molecular formula is C11H12O5. The van der Waals surface area contributed by atoms with Gasteiger partial charge >= 0.3 is 11.9 Å². The Labute approximate surface area is 92.3 Å². The molecule has 0 amide bonds. The van der Waals surface area contributed by atoms with Crippen LogP contribution in [0.15, 0.2) is 12.2 Å². The van der Waals surface area contributed by atoms with Crippen molar-refractivity contribution in [1.82, 2.24) is 0 Å². The van der Waals surface area contributed by atoms with Crippen LogP contribution >= 0.6 is 0 Å². The van der Waals surface area contributed by atoms with Crippen molar-refractivity contribution in [2.45, 2.75) is 24.7 Å². The fourth-order valence-corrected chi connectivity index (χ4v) is 2.96. The second-order valence-corrected chi connectivity index (χ2v) is 4.40. The van der Waals surface area contributed by atoms with Crippen LogP contribution in [0.4, 0.5) is 0 Å². The summed E-state index contributed by atoms with van der Waals surface area (Å²) in [4.78, 5) is 23.4. The molecule has 3 heterocycles. The zero-order valence-corrected chi connectivity index (χ0v) is 9.01. The van der Waals surface area contributed by atoms with E-state index in [1.807, 2.05) is 12.2 Å². The van der Waals surface area contributed by atoms with Crippen LogP contribution < -0.4 is 0 Å². The Balaban J connectivity index is 2.05. The topological polar surface area (TPSA) is 61.8 Å². The average molecular weight is 224 g/mol. The Morgan fingerprint density at radius 2 is 2.31 bits per heavy atom. The molecule has 0 aliphatic carbocycles. The number of esters is 2. The van der Waals surface area contributed by atoms with Crippen LogP contribution in [0.2, 0.25) is 0 Å². The summed E-state index contributed by atoms with van der Waals surface area (Å²) in [6.07, 6.45) is 2.96. The monoisotopic (exact) mass is 224 g/mol. The molecule has 0 aromatic rings. The quantitative estimate of drug-likeness (QED) is 0.465. The van der Waals surface area contributed by atoms with Gasteiger partial charge in [0, 0.05) is 0 Å². The maximum atomic E-state index is 11.7. The van der Waals surface area contributed by atoms with Gasteiger partial charge in [0.15, 0.2) is 0 Å². The number of ether oxygens (including phenoxy) is 3. The van der Waals surface area contributed by atoms with E-state index in [0.717, 1.165) is 0 Å². The van der Waals surface area contributed by atoms with Crippen molar-refractivity contribution in [1.29, 1.82) is 0 Å². The van der Waals surface area contributed by atoms with E-state index in [4.69, 9.17) is 14.2 Å². The van der Waals surface area contributed by atoms with Gasteiger partial charge in [0.05, 0.1) is 13.2 Å². The van der Waals surface area contributed by atoms with Gasteiger partial charge in [0.1, 0.15) is 23.5 Å². The Morgan fingerprint density at radius 3 is 3.00 bits per heavy atom. The molecule has 0 radical (unpaired) electrons. The summed E-state index contributed by atoms with van der Waals surface area (Å²) in [7, 11) is 1.31. The highest BCUT2D eigenvalue weighted by Gasteiger charge is 2.69. The number of methoxy groups -OCH3 is 1. The van der Waals surface area contributed by atoms with Gasteiger partial charge in [-0.05, 0) is 13.0 Å². The number of hydrogen-bond donors (Lipinski definition) is 0. The molecule has 3 rings (SSSR count). The molecule has 1 spiro atoms. The largest absolute Gasteiger partial charge is 0.469 e. The Hall–Kier alpha value is -1.36. The second-order valence-electron chi connectivity index (χ2n) is 4.40. The van der Waals surface area contributed by atoms with Crippen molar-refractivity contribution in [3.63, 3.8) is 0 Å². The third-order valence-corrected chi connectivity index (χ3v) is 3.74. The summed E-state index contributed by atoms with van der Waals surface area (Å²) in [6.45, 7) is 1.78. The first-order valence-electron chi connectivity index (χ1n) is 5.25. The lowest BCUT2D eigenvalue weighted by atomic mass is 9.75. The van der Waals surface area contributed by atoms with Gasteiger partial charge in [0.25, 0.3) is 0 Å². The first-order chi connectivity index (χ1) is 7.60. The average Bonchev–Trinajstić information content (AvgIpc) is 2.89. The highest BCUT2D eigenvalue weighted by atomic mass is 16.6. The summed E-state index contributed by atoms with van der Waals surface area (Å²) in [5.74, 6) is -1.89. The number of carbonyl (C=O) groups excluding carboxylic acids is 2. The Bertz CT molecular complexity index is 401. The summed E-state index contributed by atoms with van der Waals surface area (Å²) in [5, 5.41) is 0. The van der Waals surface area contributed by atoms with Crippen molar-refractivity contribution in [3.05, 3.63) is 12.2 Å². The molecule has 0 aromatic carbocycles. The fourth-order valence-electron chi connectivity index (χ4n) is 2.96. The van der Waals surface area contributed by atoms with Crippen LogP contribution in [0.25, 0.3) is 0 Å². The molecule has 0 N–H and O–H groups in total. The highest BCUT2D eigenvalue weighted by Crippen LogP contribution is 2.53. The highest BCUT2D eigenvalue weighted by molar-refractivity contribution is 5.87. The molecule has 2 saturated heterocycles. The van der Waals surface area contributed by atoms with Crippen molar-refractivity contribution >= 4 is 11.9 Å². The van der Waals surface area contributed by atoms with Gasteiger partial charge in [-0.3, -0.25) is 9.59 Å². The molecule has 5 atom stereocenters. The standard InChI is InChI=1S/C11H12O5/c1-5-11-4-3-6(16-11)7(9(12)14-2)8(11)10(13)15-5/h3-8H,1-2H3/t5-,6-,7+,8+,11-/m1/s1. The van der Waals surface area contributed by atoms with Crippen LogP contribution in [0, 0.1) is 11.8 Å². The molecule has 5 nitrogen and oxygen atoms in total. The maximum absolute atomic E-state index is 11.7. The van der Waals surface area contributed by atoms with Gasteiger partial charge in [0.2, 0.25) is 0 Å². The minimum absolute atomic E-state index is 0.346. The SMILES string of the molecule is COC(=O)[C@@H]1[C@H]2C(=O)O[C@H](C)[C@]23C=C[C@H]1O3. The summed E-state index contributed by atoms with van der Waals surface area (Å²) < 4.78 is 15.6. The lowest BCUT2D eigenvalue weighted by Gasteiger charge is -2.24. The number of cyclic esters (lactones) is 1.